The lowest BCUT2D eigenvalue weighted by atomic mass is 10.0. The summed E-state index contributed by atoms with van der Waals surface area (Å²) >= 11 is 0. The lowest BCUT2D eigenvalue weighted by Crippen LogP contribution is -2.30. The van der Waals surface area contributed by atoms with Gasteiger partial charge in [-0.05, 0) is 128 Å². The van der Waals surface area contributed by atoms with Crippen molar-refractivity contribution in [1.29, 1.82) is 0 Å². The molecule has 0 aliphatic carbocycles. The molecule has 0 aliphatic rings. The van der Waals surface area contributed by atoms with Crippen molar-refractivity contribution < 1.29 is 80.2 Å². The summed E-state index contributed by atoms with van der Waals surface area (Å²) in [6.45, 7) is 4.24. The number of aliphatic hydroxyl groups is 1. The number of aliphatic hydroxyl groups excluding tert-OH is 1. The molecule has 0 saturated carbocycles. The van der Waals surface area contributed by atoms with Crippen LogP contribution in [0.25, 0.3) is 0 Å². The minimum Gasteiger partial charge on any atom is -0.462 e. The molecule has 0 spiro atoms. The Labute approximate surface area is 615 Å². The van der Waals surface area contributed by atoms with Gasteiger partial charge in [-0.2, -0.15) is 0 Å². The van der Waals surface area contributed by atoms with E-state index in [-0.39, 0.29) is 25.7 Å². The molecule has 19 heteroatoms. The van der Waals surface area contributed by atoms with Crippen molar-refractivity contribution in [2.75, 3.05) is 39.6 Å². The standard InChI is InChI=1S/C83H132O17P2/c1-5-9-13-17-21-25-29-33-36-37-38-39-42-45-48-52-56-60-64-68-81(86)94-73-78(99-82(87)69-65-61-57-53-49-43-32-28-24-20-16-12-8-4)75-97-101(89,90)95-71-77(84)72-96-102(91,92)98-76-79(100-83(88)70-66-62-58-54-50-46-41-35-31-27-23-19-15-11-7-3)74-93-80(85)67-63-59-55-51-47-44-40-34-30-26-22-18-14-10-6-2/h9-11,13-15,21-23,25-27,33-36,38-41,45,47-48,50-51,54,56,59-60,63,77-79,84H,5-8,12,16-20,24,28-32,37,42-44,46,49,52-53,55,57-58,61-62,64-76H2,1-4H3,(H,89,90)(H,91,92)/b13-9-,14-10-,15-11-,25-21-,26-22-,27-23-,36-33-,39-38-,40-34-,41-35-,48-45-,51-47-,54-50-,60-56-,63-59-. The van der Waals surface area contributed by atoms with Gasteiger partial charge in [0.1, 0.15) is 19.3 Å². The molecule has 0 aromatic carbocycles. The lowest BCUT2D eigenvalue weighted by molar-refractivity contribution is -0.161. The van der Waals surface area contributed by atoms with Crippen LogP contribution in [-0.2, 0) is 65.4 Å². The van der Waals surface area contributed by atoms with Gasteiger partial charge in [0.2, 0.25) is 0 Å². The van der Waals surface area contributed by atoms with Crippen LogP contribution in [0.1, 0.15) is 259 Å². The highest BCUT2D eigenvalue weighted by Crippen LogP contribution is 2.45. The number of unbranched alkanes of at least 4 members (excludes halogenated alkanes) is 14. The second kappa shape index (κ2) is 73.5. The van der Waals surface area contributed by atoms with Crippen molar-refractivity contribution >= 4 is 39.5 Å². The number of esters is 4. The highest BCUT2D eigenvalue weighted by molar-refractivity contribution is 7.47. The van der Waals surface area contributed by atoms with E-state index in [2.05, 4.69) is 161 Å². The quantitative estimate of drug-likeness (QED) is 0.0169. The number of allylic oxidation sites excluding steroid dienone is 29. The highest BCUT2D eigenvalue weighted by atomic mass is 31.2. The van der Waals surface area contributed by atoms with Gasteiger partial charge >= 0.3 is 39.5 Å². The van der Waals surface area contributed by atoms with Gasteiger partial charge in [0.05, 0.1) is 32.8 Å². The van der Waals surface area contributed by atoms with Gasteiger partial charge in [0, 0.05) is 19.3 Å². The van der Waals surface area contributed by atoms with Crippen LogP contribution in [0, 0.1) is 0 Å². The van der Waals surface area contributed by atoms with E-state index in [9.17, 15) is 43.2 Å². The smallest absolute Gasteiger partial charge is 0.462 e. The Morgan fingerprint density at radius 3 is 0.912 bits per heavy atom. The third-order valence-corrected chi connectivity index (χ3v) is 16.8. The van der Waals surface area contributed by atoms with E-state index >= 15 is 0 Å². The predicted octanol–water partition coefficient (Wildman–Crippen LogP) is 22.0. The molecule has 17 nitrogen and oxygen atoms in total. The molecule has 0 saturated heterocycles. The summed E-state index contributed by atoms with van der Waals surface area (Å²) in [6, 6.07) is 0. The first-order valence-corrected chi connectivity index (χ1v) is 41.0. The average Bonchev–Trinajstić information content (AvgIpc) is 0.908. The van der Waals surface area contributed by atoms with Crippen molar-refractivity contribution in [2.45, 2.75) is 277 Å². The first kappa shape index (κ1) is 96.2. The SMILES string of the molecule is CC/C=C\C/C=C\C/C=C\C/C=C\C/C=C\C/C=C\CCC(=O)OCC(COP(=O)(O)OCC(O)COP(=O)(O)OCC(COC(=O)C/C=C\C/C=C\C/C=C\C/C=C\C/C=C\CC)OC(=O)CCCC/C=C\C/C=C\C/C=C\C/C=C\CC)OC(=O)CCCCCCCCCCCCCCC. The first-order chi connectivity index (χ1) is 49.7. The average molecular weight is 1460 g/mol. The zero-order valence-electron chi connectivity index (χ0n) is 62.7. The summed E-state index contributed by atoms with van der Waals surface area (Å²) < 4.78 is 68.2. The molecule has 102 heavy (non-hydrogen) atoms. The minimum absolute atomic E-state index is 0.0149. The van der Waals surface area contributed by atoms with Gasteiger partial charge in [-0.3, -0.25) is 37.3 Å². The number of hydrogen-bond donors (Lipinski definition) is 3. The Morgan fingerprint density at radius 2 is 0.569 bits per heavy atom. The summed E-state index contributed by atoms with van der Waals surface area (Å²) in [5, 5.41) is 10.6. The molecule has 0 aromatic rings. The maximum Gasteiger partial charge on any atom is 0.472 e. The topological polar surface area (TPSA) is 237 Å². The van der Waals surface area contributed by atoms with Gasteiger partial charge in [0.15, 0.2) is 12.2 Å². The normalized spacial score (nSPS) is 14.9. The molecular weight excluding hydrogens is 1330 g/mol. The molecule has 0 heterocycles. The minimum atomic E-state index is -5.02. The molecule has 576 valence electrons. The molecule has 0 aromatic heterocycles. The molecular formula is C83H132O17P2. The predicted molar refractivity (Wildman–Crippen MR) is 417 cm³/mol. The van der Waals surface area contributed by atoms with Crippen molar-refractivity contribution in [1.82, 2.24) is 0 Å². The van der Waals surface area contributed by atoms with Crippen molar-refractivity contribution in [3.05, 3.63) is 182 Å². The number of ether oxygens (including phenoxy) is 4. The molecule has 5 unspecified atom stereocenters. The second-order valence-corrected chi connectivity index (χ2v) is 27.4. The molecule has 3 N–H and O–H groups in total. The molecule has 5 atom stereocenters. The third kappa shape index (κ3) is 72.5. The van der Waals surface area contributed by atoms with Crippen LogP contribution in [0.5, 0.6) is 0 Å². The zero-order chi connectivity index (χ0) is 74.6. The van der Waals surface area contributed by atoms with Gasteiger partial charge in [-0.1, -0.05) is 287 Å². The summed E-state index contributed by atoms with van der Waals surface area (Å²) in [5.41, 5.74) is 0. The monoisotopic (exact) mass is 1460 g/mol. The molecule has 0 amide bonds. The van der Waals surface area contributed by atoms with Crippen molar-refractivity contribution in [3.8, 4) is 0 Å². The Bertz CT molecular complexity index is 2650. The lowest BCUT2D eigenvalue weighted by Gasteiger charge is -2.21. The zero-order valence-corrected chi connectivity index (χ0v) is 64.5. The van der Waals surface area contributed by atoms with E-state index in [1.165, 1.54) is 51.4 Å². The van der Waals surface area contributed by atoms with E-state index in [1.54, 1.807) is 6.08 Å². The number of phosphoric ester groups is 2. The Hall–Kier alpha value is -5.84. The fraction of sp³-hybridized carbons (Fsp3) is 0.590. The Balaban J connectivity index is 5.52. The third-order valence-electron chi connectivity index (χ3n) is 14.9. The number of carbonyl (C=O) groups is 4. The first-order valence-electron chi connectivity index (χ1n) is 38.0. The van der Waals surface area contributed by atoms with Gasteiger partial charge in [-0.25, -0.2) is 9.13 Å². The summed E-state index contributed by atoms with van der Waals surface area (Å²) in [6.07, 6.45) is 88.0. The number of phosphoric acid groups is 2. The largest absolute Gasteiger partial charge is 0.472 e. The van der Waals surface area contributed by atoms with Gasteiger partial charge in [0.25, 0.3) is 0 Å². The number of carbonyl (C=O) groups excluding carboxylic acids is 4. The van der Waals surface area contributed by atoms with E-state index in [1.807, 2.05) is 42.5 Å². The van der Waals surface area contributed by atoms with E-state index in [0.29, 0.717) is 38.5 Å². The van der Waals surface area contributed by atoms with Crippen LogP contribution >= 0.6 is 15.6 Å². The number of hydrogen-bond acceptors (Lipinski definition) is 15. The Kier molecular flexibility index (Phi) is 69.3. The molecule has 0 radical (unpaired) electrons. The van der Waals surface area contributed by atoms with Crippen LogP contribution < -0.4 is 0 Å². The summed E-state index contributed by atoms with van der Waals surface area (Å²) in [4.78, 5) is 72.8. The van der Waals surface area contributed by atoms with Crippen LogP contribution in [-0.4, -0.2) is 96.7 Å². The maximum absolute atomic E-state index is 13.1. The highest BCUT2D eigenvalue weighted by Gasteiger charge is 2.30. The van der Waals surface area contributed by atoms with Crippen molar-refractivity contribution in [3.63, 3.8) is 0 Å². The second-order valence-electron chi connectivity index (χ2n) is 24.5. The van der Waals surface area contributed by atoms with Gasteiger partial charge < -0.3 is 33.8 Å². The number of rotatable bonds is 69. The van der Waals surface area contributed by atoms with E-state index < -0.39 is 97.5 Å². The van der Waals surface area contributed by atoms with Crippen molar-refractivity contribution in [2.24, 2.45) is 0 Å². The summed E-state index contributed by atoms with van der Waals surface area (Å²) in [5.74, 6) is -2.49. The van der Waals surface area contributed by atoms with Crippen LogP contribution in [0.4, 0.5) is 0 Å². The maximum atomic E-state index is 13.1. The van der Waals surface area contributed by atoms with Gasteiger partial charge in [-0.15, -0.1) is 0 Å². The molecule has 0 bridgehead atoms. The molecule has 0 fully saturated rings. The fourth-order valence-electron chi connectivity index (χ4n) is 9.25. The van der Waals surface area contributed by atoms with Crippen LogP contribution in [0.3, 0.4) is 0 Å². The van der Waals surface area contributed by atoms with Crippen LogP contribution in [0.15, 0.2) is 182 Å². The summed E-state index contributed by atoms with van der Waals surface area (Å²) in [7, 11) is -10.0. The van der Waals surface area contributed by atoms with E-state index in [0.717, 1.165) is 116 Å². The molecule has 0 aliphatic heterocycles. The van der Waals surface area contributed by atoms with Crippen LogP contribution in [0.2, 0.25) is 0 Å². The van der Waals surface area contributed by atoms with E-state index in [4.69, 9.17) is 37.0 Å². The molecule has 0 rings (SSSR count). The fourth-order valence-corrected chi connectivity index (χ4v) is 10.8. The Morgan fingerprint density at radius 1 is 0.294 bits per heavy atom.